The zero-order valence-corrected chi connectivity index (χ0v) is 24.4. The van der Waals surface area contributed by atoms with Crippen LogP contribution in [-0.2, 0) is 14.4 Å². The van der Waals surface area contributed by atoms with Crippen LogP contribution < -0.4 is 0 Å². The molecule has 1 unspecified atom stereocenters. The van der Waals surface area contributed by atoms with Crippen molar-refractivity contribution in [2.45, 2.75) is 136 Å². The van der Waals surface area contributed by atoms with Gasteiger partial charge in [0.2, 0.25) is 0 Å². The highest BCUT2D eigenvalue weighted by molar-refractivity contribution is 5.88. The maximum absolute atomic E-state index is 13.8. The van der Waals surface area contributed by atoms with Gasteiger partial charge >= 0.3 is 5.97 Å². The standard InChI is InChI=1S/C32H52O6/c1-6-8-25(33)31(37)17-16-29(4)21(18-31)19-32(38,26(34)9-7-2)28-23-12-11-22(20(3)10-13-27(35)36)30(23,5)15-14-24(28)29/h20-24,28,37-38H,6-19H2,1-5H3,(H,35,36)/t20-,21?,22-,23+,24+,28+,29+,30-,31+,32-/m1/s1. The summed E-state index contributed by atoms with van der Waals surface area (Å²) in [5.41, 5.74) is -2.91. The van der Waals surface area contributed by atoms with Crippen molar-refractivity contribution in [3.63, 3.8) is 0 Å². The van der Waals surface area contributed by atoms with Crippen LogP contribution >= 0.6 is 0 Å². The highest BCUT2D eigenvalue weighted by Crippen LogP contribution is 2.71. The molecule has 38 heavy (non-hydrogen) atoms. The molecule has 10 atom stereocenters. The molecule has 4 rings (SSSR count). The Kier molecular flexibility index (Phi) is 8.30. The first-order valence-electron chi connectivity index (χ1n) is 15.5. The van der Waals surface area contributed by atoms with Crippen LogP contribution in [0.5, 0.6) is 0 Å². The Balaban J connectivity index is 1.69. The minimum absolute atomic E-state index is 0.0186. The molecule has 0 aromatic rings. The average molecular weight is 533 g/mol. The molecule has 0 amide bonds. The summed E-state index contributed by atoms with van der Waals surface area (Å²) < 4.78 is 0. The van der Waals surface area contributed by atoms with Crippen molar-refractivity contribution in [3.05, 3.63) is 0 Å². The second kappa shape index (κ2) is 10.6. The molecule has 4 fully saturated rings. The minimum atomic E-state index is -1.43. The number of hydrogen-bond acceptors (Lipinski definition) is 5. The van der Waals surface area contributed by atoms with Gasteiger partial charge in [-0.05, 0) is 111 Å². The van der Waals surface area contributed by atoms with E-state index in [-0.39, 0.29) is 52.5 Å². The molecule has 0 aliphatic heterocycles. The third-order valence-electron chi connectivity index (χ3n) is 12.4. The smallest absolute Gasteiger partial charge is 0.303 e. The van der Waals surface area contributed by atoms with Gasteiger partial charge in [0.05, 0.1) is 0 Å². The fourth-order valence-electron chi connectivity index (χ4n) is 10.3. The molecule has 0 saturated heterocycles. The predicted molar refractivity (Wildman–Crippen MR) is 146 cm³/mol. The van der Waals surface area contributed by atoms with E-state index in [0.29, 0.717) is 63.2 Å². The van der Waals surface area contributed by atoms with Crippen molar-refractivity contribution in [1.82, 2.24) is 0 Å². The van der Waals surface area contributed by atoms with Crippen LogP contribution in [0, 0.1) is 46.3 Å². The molecule has 0 heterocycles. The van der Waals surface area contributed by atoms with E-state index in [0.717, 1.165) is 32.1 Å². The van der Waals surface area contributed by atoms with Crippen LogP contribution in [0.4, 0.5) is 0 Å². The topological polar surface area (TPSA) is 112 Å². The van der Waals surface area contributed by atoms with Crippen LogP contribution in [0.2, 0.25) is 0 Å². The summed E-state index contributed by atoms with van der Waals surface area (Å²) in [6.07, 6.45) is 8.85. The fourth-order valence-corrected chi connectivity index (χ4v) is 10.3. The van der Waals surface area contributed by atoms with E-state index in [1.54, 1.807) is 0 Å². The number of Topliss-reactive ketones (excluding diaryl/α,β-unsaturated/α-hetero) is 2. The number of carboxylic acid groups (broad SMARTS) is 1. The average Bonchev–Trinajstić information content (AvgIpc) is 3.21. The molecule has 0 aromatic carbocycles. The maximum atomic E-state index is 13.8. The first-order chi connectivity index (χ1) is 17.8. The third-order valence-corrected chi connectivity index (χ3v) is 12.4. The van der Waals surface area contributed by atoms with E-state index < -0.39 is 17.2 Å². The van der Waals surface area contributed by atoms with E-state index in [2.05, 4.69) is 20.8 Å². The van der Waals surface area contributed by atoms with E-state index >= 15 is 0 Å². The van der Waals surface area contributed by atoms with E-state index in [1.807, 2.05) is 13.8 Å². The van der Waals surface area contributed by atoms with Crippen LogP contribution in [0.25, 0.3) is 0 Å². The van der Waals surface area contributed by atoms with E-state index in [4.69, 9.17) is 0 Å². The lowest BCUT2D eigenvalue weighted by molar-refractivity contribution is -0.224. The molecule has 0 radical (unpaired) electrons. The number of hydrogen-bond donors (Lipinski definition) is 3. The Morgan fingerprint density at radius 3 is 2.08 bits per heavy atom. The first-order valence-corrected chi connectivity index (χ1v) is 15.5. The van der Waals surface area contributed by atoms with Gasteiger partial charge in [0.1, 0.15) is 11.2 Å². The Morgan fingerprint density at radius 2 is 1.45 bits per heavy atom. The van der Waals surface area contributed by atoms with E-state index in [1.165, 1.54) is 0 Å². The lowest BCUT2D eigenvalue weighted by Crippen LogP contribution is -2.67. The summed E-state index contributed by atoms with van der Waals surface area (Å²) in [7, 11) is 0. The minimum Gasteiger partial charge on any atom is -0.481 e. The molecule has 6 heteroatoms. The van der Waals surface area contributed by atoms with Crippen molar-refractivity contribution in [2.24, 2.45) is 46.3 Å². The van der Waals surface area contributed by atoms with Gasteiger partial charge in [-0.25, -0.2) is 0 Å². The molecule has 0 aromatic heterocycles. The van der Waals surface area contributed by atoms with Crippen molar-refractivity contribution in [1.29, 1.82) is 0 Å². The predicted octanol–water partition coefficient (Wildman–Crippen LogP) is 5.96. The normalized spacial score (nSPS) is 45.0. The Labute approximate surface area is 229 Å². The summed E-state index contributed by atoms with van der Waals surface area (Å²) in [6, 6.07) is 0. The molecule has 4 aliphatic rings. The van der Waals surface area contributed by atoms with Crippen molar-refractivity contribution >= 4 is 17.5 Å². The number of fused-ring (bicyclic) bond motifs is 5. The van der Waals surface area contributed by atoms with Gasteiger partial charge < -0.3 is 15.3 Å². The quantitative estimate of drug-likeness (QED) is 0.320. The number of carbonyl (C=O) groups excluding carboxylic acids is 2. The van der Waals surface area contributed by atoms with Gasteiger partial charge in [-0.2, -0.15) is 0 Å². The van der Waals surface area contributed by atoms with Gasteiger partial charge in [-0.3, -0.25) is 14.4 Å². The monoisotopic (exact) mass is 532 g/mol. The summed E-state index contributed by atoms with van der Waals surface area (Å²) >= 11 is 0. The SMILES string of the molecule is CCCC(=O)[C@]1(O)CC[C@@]2(C)C(C1)C[C@@](O)(C(=O)CCC)[C@H]1[C@@H]3CC[C@H]([C@H](C)CCC(=O)O)[C@@]3(C)CC[C@@H]12. The summed E-state index contributed by atoms with van der Waals surface area (Å²) in [6.45, 7) is 10.8. The number of aliphatic carboxylic acids is 1. The maximum Gasteiger partial charge on any atom is 0.303 e. The zero-order valence-electron chi connectivity index (χ0n) is 24.4. The Morgan fingerprint density at radius 1 is 0.816 bits per heavy atom. The van der Waals surface area contributed by atoms with Gasteiger partial charge in [-0.1, -0.05) is 34.6 Å². The molecule has 6 nitrogen and oxygen atoms in total. The van der Waals surface area contributed by atoms with Gasteiger partial charge in [-0.15, -0.1) is 0 Å². The summed E-state index contributed by atoms with van der Waals surface area (Å²) in [4.78, 5) is 38.0. The highest BCUT2D eigenvalue weighted by Gasteiger charge is 2.69. The number of aliphatic hydroxyl groups is 2. The number of carbonyl (C=O) groups is 3. The summed E-state index contributed by atoms with van der Waals surface area (Å²) in [5, 5.41) is 33.2. The zero-order chi connectivity index (χ0) is 28.1. The van der Waals surface area contributed by atoms with Crippen molar-refractivity contribution < 1.29 is 29.7 Å². The van der Waals surface area contributed by atoms with Crippen molar-refractivity contribution in [3.8, 4) is 0 Å². The largest absolute Gasteiger partial charge is 0.481 e. The summed E-state index contributed by atoms with van der Waals surface area (Å²) in [5.74, 6) is 0.0241. The van der Waals surface area contributed by atoms with Gasteiger partial charge in [0.15, 0.2) is 11.6 Å². The molecule has 0 spiro atoms. The fraction of sp³-hybridized carbons (Fsp3) is 0.906. The molecule has 3 N–H and O–H groups in total. The second-order valence-electron chi connectivity index (χ2n) is 14.3. The van der Waals surface area contributed by atoms with Crippen LogP contribution in [0.1, 0.15) is 125 Å². The first kappa shape index (κ1) is 29.7. The van der Waals surface area contributed by atoms with Crippen LogP contribution in [0.15, 0.2) is 0 Å². The van der Waals surface area contributed by atoms with Gasteiger partial charge in [0.25, 0.3) is 0 Å². The number of rotatable bonds is 10. The van der Waals surface area contributed by atoms with Crippen LogP contribution in [-0.4, -0.2) is 44.1 Å². The second-order valence-corrected chi connectivity index (χ2v) is 14.3. The molecular formula is C32H52O6. The number of carboxylic acids is 1. The molecule has 0 bridgehead atoms. The van der Waals surface area contributed by atoms with E-state index in [9.17, 15) is 29.7 Å². The Bertz CT molecular complexity index is 931. The Hall–Kier alpha value is -1.27. The molecule has 4 aliphatic carbocycles. The third kappa shape index (κ3) is 4.70. The van der Waals surface area contributed by atoms with Crippen molar-refractivity contribution in [2.75, 3.05) is 0 Å². The molecule has 216 valence electrons. The highest BCUT2D eigenvalue weighted by atomic mass is 16.4. The molecular weight excluding hydrogens is 480 g/mol. The molecule has 4 saturated carbocycles. The van der Waals surface area contributed by atoms with Gasteiger partial charge in [0, 0.05) is 25.2 Å². The lowest BCUT2D eigenvalue weighted by atomic mass is 9.40. The van der Waals surface area contributed by atoms with Crippen LogP contribution in [0.3, 0.4) is 0 Å². The lowest BCUT2D eigenvalue weighted by Gasteiger charge is -2.66. The number of ketones is 2.